The van der Waals surface area contributed by atoms with Crippen molar-refractivity contribution >= 4 is 23.2 Å². The minimum absolute atomic E-state index is 0.0632. The summed E-state index contributed by atoms with van der Waals surface area (Å²) in [4.78, 5) is 0. The summed E-state index contributed by atoms with van der Waals surface area (Å²) in [6.45, 7) is 2.50. The van der Waals surface area contributed by atoms with Crippen molar-refractivity contribution in [2.24, 2.45) is 0 Å². The normalized spacial score (nSPS) is 12.2. The van der Waals surface area contributed by atoms with Crippen molar-refractivity contribution in [2.75, 3.05) is 6.54 Å². The van der Waals surface area contributed by atoms with E-state index >= 15 is 0 Å². The molecule has 1 nitrogen and oxygen atoms in total. The van der Waals surface area contributed by atoms with Gasteiger partial charge in [0, 0.05) is 29.6 Å². The fourth-order valence-corrected chi connectivity index (χ4v) is 2.10. The van der Waals surface area contributed by atoms with Gasteiger partial charge in [0.05, 0.1) is 5.02 Å². The van der Waals surface area contributed by atoms with Crippen molar-refractivity contribution in [1.29, 1.82) is 0 Å². The maximum atomic E-state index is 13.3. The monoisotopic (exact) mass is 259 g/mol. The molecule has 0 fully saturated rings. The van der Waals surface area contributed by atoms with Gasteiger partial charge in [-0.15, -0.1) is 12.3 Å². The SMILES string of the molecule is C#CCCNC(C)c1c(Cl)ccc(F)c1Cl. The highest BCUT2D eigenvalue weighted by Crippen LogP contribution is 2.32. The molecule has 0 amide bonds. The second-order valence-corrected chi connectivity index (χ2v) is 4.17. The quantitative estimate of drug-likeness (QED) is 0.493. The highest BCUT2D eigenvalue weighted by atomic mass is 35.5. The fraction of sp³-hybridized carbons (Fsp3) is 0.333. The molecule has 0 bridgehead atoms. The van der Waals surface area contributed by atoms with E-state index < -0.39 is 5.82 Å². The van der Waals surface area contributed by atoms with Crippen molar-refractivity contribution in [3.8, 4) is 12.3 Å². The van der Waals surface area contributed by atoms with E-state index in [0.29, 0.717) is 23.6 Å². The molecule has 86 valence electrons. The third kappa shape index (κ3) is 3.12. The van der Waals surface area contributed by atoms with Gasteiger partial charge in [0.15, 0.2) is 0 Å². The molecule has 1 aromatic carbocycles. The van der Waals surface area contributed by atoms with Crippen molar-refractivity contribution in [3.05, 3.63) is 33.6 Å². The van der Waals surface area contributed by atoms with Crippen molar-refractivity contribution in [1.82, 2.24) is 5.32 Å². The lowest BCUT2D eigenvalue weighted by Crippen LogP contribution is -2.20. The summed E-state index contributed by atoms with van der Waals surface area (Å²) in [5.41, 5.74) is 0.570. The van der Waals surface area contributed by atoms with E-state index in [4.69, 9.17) is 29.6 Å². The maximum absolute atomic E-state index is 13.3. The summed E-state index contributed by atoms with van der Waals surface area (Å²) in [6, 6.07) is 2.61. The molecular weight excluding hydrogens is 248 g/mol. The summed E-state index contributed by atoms with van der Waals surface area (Å²) >= 11 is 11.8. The first kappa shape index (κ1) is 13.3. The summed E-state index contributed by atoms with van der Waals surface area (Å²) in [7, 11) is 0. The first-order chi connectivity index (χ1) is 7.57. The Bertz CT molecular complexity index is 412. The van der Waals surface area contributed by atoms with E-state index in [0.717, 1.165) is 0 Å². The Balaban J connectivity index is 2.86. The van der Waals surface area contributed by atoms with Crippen LogP contribution in [0, 0.1) is 18.2 Å². The molecule has 0 saturated heterocycles. The standard InChI is InChI=1S/C12H12Cl2FN/c1-3-4-7-16-8(2)11-9(13)5-6-10(15)12(11)14/h1,5-6,8,16H,4,7H2,2H3. The molecule has 0 aliphatic heterocycles. The maximum Gasteiger partial charge on any atom is 0.142 e. The molecule has 0 aliphatic carbocycles. The van der Waals surface area contributed by atoms with Crippen LogP contribution in [0.2, 0.25) is 10.0 Å². The molecule has 1 aromatic rings. The van der Waals surface area contributed by atoms with E-state index in [2.05, 4.69) is 11.2 Å². The van der Waals surface area contributed by atoms with Gasteiger partial charge in [-0.2, -0.15) is 0 Å². The van der Waals surface area contributed by atoms with Gasteiger partial charge in [-0.1, -0.05) is 23.2 Å². The lowest BCUT2D eigenvalue weighted by molar-refractivity contribution is 0.573. The molecule has 4 heteroatoms. The summed E-state index contributed by atoms with van der Waals surface area (Å²) in [6.07, 6.45) is 5.74. The van der Waals surface area contributed by atoms with Crippen LogP contribution in [0.15, 0.2) is 12.1 Å². The van der Waals surface area contributed by atoms with Gasteiger partial charge >= 0.3 is 0 Å². The molecule has 16 heavy (non-hydrogen) atoms. The zero-order valence-electron chi connectivity index (χ0n) is 8.86. The zero-order chi connectivity index (χ0) is 12.1. The largest absolute Gasteiger partial charge is 0.309 e. The van der Waals surface area contributed by atoms with Gasteiger partial charge in [0.1, 0.15) is 5.82 Å². The van der Waals surface area contributed by atoms with E-state index in [9.17, 15) is 4.39 Å². The predicted molar refractivity (Wildman–Crippen MR) is 66.3 cm³/mol. The van der Waals surface area contributed by atoms with Crippen LogP contribution in [0.3, 0.4) is 0 Å². The lowest BCUT2D eigenvalue weighted by atomic mass is 10.1. The number of hydrogen-bond donors (Lipinski definition) is 1. The van der Waals surface area contributed by atoms with Crippen molar-refractivity contribution in [2.45, 2.75) is 19.4 Å². The van der Waals surface area contributed by atoms with Gasteiger partial charge in [0.2, 0.25) is 0 Å². The molecule has 0 saturated carbocycles. The molecule has 0 spiro atoms. The third-order valence-corrected chi connectivity index (χ3v) is 2.95. The molecule has 1 N–H and O–H groups in total. The number of benzene rings is 1. The van der Waals surface area contributed by atoms with Crippen molar-refractivity contribution in [3.63, 3.8) is 0 Å². The van der Waals surface area contributed by atoms with Crippen LogP contribution in [0.5, 0.6) is 0 Å². The Morgan fingerprint density at radius 1 is 1.50 bits per heavy atom. The number of halogens is 3. The van der Waals surface area contributed by atoms with E-state index in [1.807, 2.05) is 6.92 Å². The first-order valence-corrected chi connectivity index (χ1v) is 5.63. The molecular formula is C12H12Cl2FN. The van der Waals surface area contributed by atoms with Gasteiger partial charge in [-0.25, -0.2) is 4.39 Å². The van der Waals surface area contributed by atoms with E-state index in [1.165, 1.54) is 12.1 Å². The van der Waals surface area contributed by atoms with Crippen LogP contribution in [0.25, 0.3) is 0 Å². The molecule has 0 heterocycles. The number of nitrogens with one attached hydrogen (secondary N) is 1. The van der Waals surface area contributed by atoms with Gasteiger partial charge in [0.25, 0.3) is 0 Å². The zero-order valence-corrected chi connectivity index (χ0v) is 10.4. The second kappa shape index (κ2) is 6.10. The van der Waals surface area contributed by atoms with E-state index in [-0.39, 0.29) is 11.1 Å². The highest BCUT2D eigenvalue weighted by molar-refractivity contribution is 6.36. The Labute approximate surface area is 105 Å². The summed E-state index contributed by atoms with van der Waals surface area (Å²) in [5.74, 6) is 2.05. The minimum atomic E-state index is -0.466. The molecule has 0 radical (unpaired) electrons. The van der Waals surface area contributed by atoms with Gasteiger partial charge in [-0.3, -0.25) is 0 Å². The van der Waals surface area contributed by atoms with Gasteiger partial charge < -0.3 is 5.32 Å². The Hall–Kier alpha value is -0.750. The fourth-order valence-electron chi connectivity index (χ4n) is 1.40. The topological polar surface area (TPSA) is 12.0 Å². The number of hydrogen-bond acceptors (Lipinski definition) is 1. The van der Waals surface area contributed by atoms with Gasteiger partial charge in [-0.05, 0) is 19.1 Å². The number of rotatable bonds is 4. The highest BCUT2D eigenvalue weighted by Gasteiger charge is 2.16. The van der Waals surface area contributed by atoms with Crippen LogP contribution in [-0.2, 0) is 0 Å². The first-order valence-electron chi connectivity index (χ1n) is 4.88. The average molecular weight is 260 g/mol. The summed E-state index contributed by atoms with van der Waals surface area (Å²) < 4.78 is 13.3. The molecule has 1 rings (SSSR count). The Morgan fingerprint density at radius 3 is 2.81 bits per heavy atom. The van der Waals surface area contributed by atoms with Crippen LogP contribution < -0.4 is 5.32 Å². The van der Waals surface area contributed by atoms with Crippen LogP contribution in [-0.4, -0.2) is 6.54 Å². The Kier molecular flexibility index (Phi) is 5.08. The molecule has 1 atom stereocenters. The minimum Gasteiger partial charge on any atom is -0.309 e. The van der Waals surface area contributed by atoms with Crippen LogP contribution >= 0.6 is 23.2 Å². The number of terminal acetylenes is 1. The predicted octanol–water partition coefficient (Wildman–Crippen LogP) is 3.81. The summed E-state index contributed by atoms with van der Waals surface area (Å²) in [5, 5.41) is 3.64. The second-order valence-electron chi connectivity index (χ2n) is 3.39. The average Bonchev–Trinajstić information content (AvgIpc) is 2.24. The van der Waals surface area contributed by atoms with Crippen molar-refractivity contribution < 1.29 is 4.39 Å². The smallest absolute Gasteiger partial charge is 0.142 e. The molecule has 0 aromatic heterocycles. The molecule has 1 unspecified atom stereocenters. The molecule has 0 aliphatic rings. The van der Waals surface area contributed by atoms with Crippen LogP contribution in [0.4, 0.5) is 4.39 Å². The Morgan fingerprint density at radius 2 is 2.19 bits per heavy atom. The third-order valence-electron chi connectivity index (χ3n) is 2.23. The van der Waals surface area contributed by atoms with Crippen LogP contribution in [0.1, 0.15) is 24.9 Å². The van der Waals surface area contributed by atoms with E-state index in [1.54, 1.807) is 0 Å². The lowest BCUT2D eigenvalue weighted by Gasteiger charge is -2.16.